The lowest BCUT2D eigenvalue weighted by Crippen LogP contribution is -2.30. The van der Waals surface area contributed by atoms with Crippen LogP contribution >= 0.6 is 11.3 Å². The van der Waals surface area contributed by atoms with Crippen LogP contribution in [-0.4, -0.2) is 24.4 Å². The van der Waals surface area contributed by atoms with Crippen molar-refractivity contribution in [1.82, 2.24) is 0 Å². The van der Waals surface area contributed by atoms with Crippen LogP contribution in [0.3, 0.4) is 0 Å². The van der Waals surface area contributed by atoms with Crippen LogP contribution in [0.2, 0.25) is 26.2 Å². The molecule has 0 amide bonds. The molecule has 6 heteroatoms. The Bertz CT molecular complexity index is 568. The number of thiophene rings is 1. The molecule has 0 aliphatic carbocycles. The Morgan fingerprint density at radius 2 is 1.36 bits per heavy atom. The molecule has 0 N–H and O–H groups in total. The van der Waals surface area contributed by atoms with Crippen LogP contribution in [-0.2, 0) is 8.85 Å². The summed E-state index contributed by atoms with van der Waals surface area (Å²) in [5.41, 5.74) is 2.09. The molecule has 0 aliphatic rings. The van der Waals surface area contributed by atoms with Crippen molar-refractivity contribution < 1.29 is 13.6 Å². The standard InChI is InChI=1S/C19H36O3SSi2/c1-18(2,3)16(21-24(7)8)13-12-23-14(11-20)15(13)17(19(4,5)6)22-25(9)10/h11-12,16-17,24-25H,1-10H3. The van der Waals surface area contributed by atoms with Crippen molar-refractivity contribution in [2.45, 2.75) is 79.9 Å². The van der Waals surface area contributed by atoms with E-state index in [2.05, 4.69) is 73.1 Å². The highest BCUT2D eigenvalue weighted by Gasteiger charge is 2.38. The molecule has 0 saturated carbocycles. The van der Waals surface area contributed by atoms with Gasteiger partial charge < -0.3 is 8.85 Å². The number of rotatable bonds is 7. The number of carbonyl (C=O) groups is 1. The Morgan fingerprint density at radius 3 is 1.72 bits per heavy atom. The van der Waals surface area contributed by atoms with Crippen molar-refractivity contribution in [1.29, 1.82) is 0 Å². The first-order valence-electron chi connectivity index (χ1n) is 9.16. The van der Waals surface area contributed by atoms with E-state index in [1.807, 2.05) is 0 Å². The van der Waals surface area contributed by atoms with Gasteiger partial charge in [0.15, 0.2) is 24.4 Å². The third kappa shape index (κ3) is 6.13. The number of hydrogen-bond acceptors (Lipinski definition) is 4. The van der Waals surface area contributed by atoms with E-state index in [0.29, 0.717) is 0 Å². The molecule has 0 radical (unpaired) electrons. The zero-order valence-corrected chi connectivity index (χ0v) is 20.7. The van der Waals surface area contributed by atoms with E-state index in [0.717, 1.165) is 22.3 Å². The van der Waals surface area contributed by atoms with Gasteiger partial charge in [-0.3, -0.25) is 4.79 Å². The summed E-state index contributed by atoms with van der Waals surface area (Å²) in [4.78, 5) is 12.6. The summed E-state index contributed by atoms with van der Waals surface area (Å²) >= 11 is 1.52. The minimum absolute atomic E-state index is 0.0126. The molecule has 144 valence electrons. The predicted molar refractivity (Wildman–Crippen MR) is 114 cm³/mol. The molecule has 25 heavy (non-hydrogen) atoms. The Hall–Kier alpha value is -0.276. The normalized spacial score (nSPS) is 15.7. The van der Waals surface area contributed by atoms with E-state index in [1.165, 1.54) is 11.3 Å². The van der Waals surface area contributed by atoms with E-state index >= 15 is 0 Å². The van der Waals surface area contributed by atoms with Crippen LogP contribution < -0.4 is 0 Å². The van der Waals surface area contributed by atoms with Gasteiger partial charge in [0.1, 0.15) is 0 Å². The number of carbonyl (C=O) groups excluding carboxylic acids is 1. The Labute approximate surface area is 161 Å². The quantitative estimate of drug-likeness (QED) is 0.433. The van der Waals surface area contributed by atoms with Gasteiger partial charge in [-0.15, -0.1) is 11.3 Å². The fourth-order valence-electron chi connectivity index (χ4n) is 2.96. The lowest BCUT2D eigenvalue weighted by molar-refractivity contribution is 0.0658. The van der Waals surface area contributed by atoms with Crippen molar-refractivity contribution in [2.75, 3.05) is 0 Å². The second-order valence-electron chi connectivity index (χ2n) is 9.45. The third-order valence-electron chi connectivity index (χ3n) is 3.93. The van der Waals surface area contributed by atoms with Gasteiger partial charge in [0.05, 0.1) is 17.1 Å². The molecule has 2 unspecified atom stereocenters. The largest absolute Gasteiger partial charge is 0.413 e. The Morgan fingerprint density at radius 1 is 0.920 bits per heavy atom. The van der Waals surface area contributed by atoms with Gasteiger partial charge >= 0.3 is 0 Å². The molecule has 1 heterocycles. The highest BCUT2D eigenvalue weighted by atomic mass is 32.1. The molecular formula is C19H36O3SSi2. The lowest BCUT2D eigenvalue weighted by Gasteiger charge is -2.38. The van der Waals surface area contributed by atoms with E-state index in [1.54, 1.807) is 0 Å². The monoisotopic (exact) mass is 400 g/mol. The molecule has 0 saturated heterocycles. The van der Waals surface area contributed by atoms with E-state index in [9.17, 15) is 4.79 Å². The summed E-state index contributed by atoms with van der Waals surface area (Å²) in [5.74, 6) is 0. The van der Waals surface area contributed by atoms with Crippen LogP contribution in [0.4, 0.5) is 0 Å². The summed E-state index contributed by atoms with van der Waals surface area (Å²) in [6, 6.07) is 0. The minimum atomic E-state index is -1.27. The molecule has 0 fully saturated rings. The lowest BCUT2D eigenvalue weighted by atomic mass is 9.78. The SMILES string of the molecule is C[SiH](C)OC(c1csc(C=O)c1C(O[SiH](C)C)C(C)(C)C)C(C)(C)C. The molecule has 0 aromatic carbocycles. The maximum Gasteiger partial charge on any atom is 0.171 e. The number of hydrogen-bond donors (Lipinski definition) is 0. The highest BCUT2D eigenvalue weighted by molar-refractivity contribution is 7.12. The molecule has 0 aliphatic heterocycles. The molecule has 0 spiro atoms. The average molecular weight is 401 g/mol. The van der Waals surface area contributed by atoms with Crippen molar-refractivity contribution in [3.8, 4) is 0 Å². The van der Waals surface area contributed by atoms with Gasteiger partial charge in [0, 0.05) is 5.56 Å². The van der Waals surface area contributed by atoms with E-state index in [4.69, 9.17) is 8.85 Å². The fraction of sp³-hybridized carbons (Fsp3) is 0.737. The van der Waals surface area contributed by atoms with Gasteiger partial charge in [-0.25, -0.2) is 0 Å². The highest BCUT2D eigenvalue weighted by Crippen LogP contribution is 2.47. The smallest absolute Gasteiger partial charge is 0.171 e. The van der Waals surface area contributed by atoms with Crippen LogP contribution in [0.1, 0.15) is 74.5 Å². The van der Waals surface area contributed by atoms with E-state index in [-0.39, 0.29) is 23.0 Å². The van der Waals surface area contributed by atoms with Gasteiger partial charge in [-0.05, 0) is 48.0 Å². The van der Waals surface area contributed by atoms with Crippen LogP contribution in [0, 0.1) is 10.8 Å². The van der Waals surface area contributed by atoms with Crippen LogP contribution in [0.15, 0.2) is 5.38 Å². The predicted octanol–water partition coefficient (Wildman–Crippen LogP) is 5.74. The maximum absolute atomic E-state index is 11.8. The summed E-state index contributed by atoms with van der Waals surface area (Å²) in [6.45, 7) is 22.0. The van der Waals surface area contributed by atoms with Gasteiger partial charge in [-0.2, -0.15) is 0 Å². The molecule has 1 aromatic heterocycles. The molecule has 0 bridgehead atoms. The van der Waals surface area contributed by atoms with E-state index < -0.39 is 18.1 Å². The van der Waals surface area contributed by atoms with Crippen molar-refractivity contribution >= 4 is 35.7 Å². The van der Waals surface area contributed by atoms with Gasteiger partial charge in [0.25, 0.3) is 0 Å². The molecule has 3 nitrogen and oxygen atoms in total. The zero-order valence-electron chi connectivity index (χ0n) is 17.6. The summed E-state index contributed by atoms with van der Waals surface area (Å²) in [5, 5.41) is 2.12. The number of aldehydes is 1. The van der Waals surface area contributed by atoms with Crippen molar-refractivity contribution in [3.05, 3.63) is 21.4 Å². The topological polar surface area (TPSA) is 35.5 Å². The Kier molecular flexibility index (Phi) is 7.84. The second-order valence-corrected chi connectivity index (χ2v) is 15.1. The first-order valence-corrected chi connectivity index (χ1v) is 15.6. The third-order valence-corrected chi connectivity index (χ3v) is 6.51. The average Bonchev–Trinajstić information content (AvgIpc) is 2.82. The van der Waals surface area contributed by atoms with Gasteiger partial charge in [0.2, 0.25) is 0 Å². The van der Waals surface area contributed by atoms with Crippen molar-refractivity contribution in [3.63, 3.8) is 0 Å². The molecular weight excluding hydrogens is 364 g/mol. The van der Waals surface area contributed by atoms with Crippen molar-refractivity contribution in [2.24, 2.45) is 10.8 Å². The second kappa shape index (κ2) is 8.61. The zero-order chi connectivity index (χ0) is 19.6. The fourth-order valence-corrected chi connectivity index (χ4v) is 6.06. The molecule has 2 atom stereocenters. The summed E-state index contributed by atoms with van der Waals surface area (Å²) in [7, 11) is -2.51. The Balaban J connectivity index is 3.57. The molecule has 1 rings (SSSR count). The maximum atomic E-state index is 11.8. The minimum Gasteiger partial charge on any atom is -0.413 e. The first-order chi connectivity index (χ1) is 11.3. The first kappa shape index (κ1) is 22.8. The summed E-state index contributed by atoms with van der Waals surface area (Å²) < 4.78 is 12.9. The van der Waals surface area contributed by atoms with Crippen LogP contribution in [0.25, 0.3) is 0 Å². The van der Waals surface area contributed by atoms with Crippen LogP contribution in [0.5, 0.6) is 0 Å². The molecule has 1 aromatic rings. The summed E-state index contributed by atoms with van der Waals surface area (Å²) in [6.07, 6.45) is 0.893. The van der Waals surface area contributed by atoms with Gasteiger partial charge in [-0.1, -0.05) is 41.5 Å².